The molecule has 0 atom stereocenters. The van der Waals surface area contributed by atoms with E-state index in [4.69, 9.17) is 0 Å². The average molecular weight is 521 g/mol. The summed E-state index contributed by atoms with van der Waals surface area (Å²) in [7, 11) is 0. The summed E-state index contributed by atoms with van der Waals surface area (Å²) in [6, 6.07) is 0. The molecular formula is Cl12O6. The summed E-state index contributed by atoms with van der Waals surface area (Å²) in [5, 5.41) is 0. The van der Waals surface area contributed by atoms with Gasteiger partial charge in [0.15, 0.2) is 0 Å². The second-order valence-corrected chi connectivity index (χ2v) is 3.15. The Morgan fingerprint density at radius 1 is 0.222 bits per heavy atom. The van der Waals surface area contributed by atoms with Crippen LogP contribution in [-0.4, -0.2) is 0 Å². The van der Waals surface area contributed by atoms with Crippen molar-refractivity contribution in [3.63, 3.8) is 0 Å². The number of hydrogen-bond donors (Lipinski definition) is 0. The topological polar surface area (TPSA) is 55.4 Å². The van der Waals surface area contributed by atoms with E-state index in [9.17, 15) is 0 Å². The van der Waals surface area contributed by atoms with E-state index in [1.165, 1.54) is 0 Å². The van der Waals surface area contributed by atoms with Gasteiger partial charge in [0.05, 0.1) is 142 Å². The number of hydrogen-bond acceptors (Lipinski definition) is 6. The van der Waals surface area contributed by atoms with E-state index in [1.54, 1.807) is 0 Å². The van der Waals surface area contributed by atoms with E-state index in [1.807, 2.05) is 0 Å². The van der Waals surface area contributed by atoms with E-state index in [0.29, 0.717) is 0 Å². The van der Waals surface area contributed by atoms with E-state index < -0.39 is 0 Å². The Hall–Kier alpha value is 3.24. The van der Waals surface area contributed by atoms with Gasteiger partial charge in [-0.3, -0.25) is 0 Å². The highest BCUT2D eigenvalue weighted by atomic mass is 35.6. The minimum Gasteiger partial charge on any atom is -0.166 e. The lowest BCUT2D eigenvalue weighted by molar-refractivity contribution is 0.697. The monoisotopic (exact) mass is 516 g/mol. The zero-order valence-electron chi connectivity index (χ0n) is 6.99. The van der Waals surface area contributed by atoms with Gasteiger partial charge in [-0.25, -0.2) is 0 Å². The van der Waals surface area contributed by atoms with Gasteiger partial charge >= 0.3 is 0 Å². The van der Waals surface area contributed by atoms with Crippen LogP contribution in [0.25, 0.3) is 0 Å². The molecule has 0 aliphatic heterocycles. The first kappa shape index (κ1) is 37.5. The third kappa shape index (κ3) is 610. The Bertz CT molecular complexity index is 32.0. The molecule has 0 aliphatic carbocycles. The lowest BCUT2D eigenvalue weighted by atomic mass is 15.9. The summed E-state index contributed by atoms with van der Waals surface area (Å²) in [6.07, 6.45) is 0. The molecule has 0 saturated heterocycles. The third-order valence-corrected chi connectivity index (χ3v) is 0. The Kier molecular flexibility index (Phi) is 183. The molecule has 0 saturated carbocycles. The predicted molar refractivity (Wildman–Crippen MR) is 76.7 cm³/mol. The fourth-order valence-electron chi connectivity index (χ4n) is 0. The van der Waals surface area contributed by atoms with E-state index >= 15 is 0 Å². The molecular weight excluding hydrogens is 521 g/mol. The zero-order valence-corrected chi connectivity index (χ0v) is 16.1. The van der Waals surface area contributed by atoms with Crippen molar-refractivity contribution in [2.75, 3.05) is 0 Å². The SMILES string of the molecule is ClOCl.ClOCl.ClOCl.ClOCl.ClOCl.ClOCl. The van der Waals surface area contributed by atoms with Gasteiger partial charge in [-0.2, -0.15) is 23.1 Å². The van der Waals surface area contributed by atoms with Gasteiger partial charge in [0, 0.05) is 0 Å². The van der Waals surface area contributed by atoms with Gasteiger partial charge in [-0.15, -0.1) is 0 Å². The summed E-state index contributed by atoms with van der Waals surface area (Å²) in [5.74, 6) is 0. The Balaban J connectivity index is -0.0000000240. The highest BCUT2D eigenvalue weighted by Gasteiger charge is 1.39. The summed E-state index contributed by atoms with van der Waals surface area (Å²) in [6.45, 7) is 0. The standard InChI is InChI=1S/6Cl2O/c6*1-3-2. The smallest absolute Gasteiger partial charge is 0.0832 e. The highest BCUT2D eigenvalue weighted by Crippen LogP contribution is 1.79. The van der Waals surface area contributed by atoms with Crippen LogP contribution in [-0.2, 0) is 23.1 Å². The molecule has 0 spiro atoms. The molecule has 18 heteroatoms. The van der Waals surface area contributed by atoms with Crippen molar-refractivity contribution in [2.45, 2.75) is 0 Å². The number of rotatable bonds is 0. The molecule has 18 heavy (non-hydrogen) atoms. The highest BCUT2D eigenvalue weighted by molar-refractivity contribution is 6.26. The third-order valence-electron chi connectivity index (χ3n) is 0. The van der Waals surface area contributed by atoms with Crippen LogP contribution in [0.5, 0.6) is 0 Å². The Morgan fingerprint density at radius 3 is 0.222 bits per heavy atom. The minimum atomic E-state index is 3.19. The molecule has 0 bridgehead atoms. The molecule has 0 radical (unpaired) electrons. The van der Waals surface area contributed by atoms with Crippen molar-refractivity contribution in [1.82, 2.24) is 0 Å². The van der Waals surface area contributed by atoms with Crippen molar-refractivity contribution in [1.29, 1.82) is 0 Å². The molecule has 0 N–H and O–H groups in total. The molecule has 0 aromatic rings. The second-order valence-electron chi connectivity index (χ2n) is 0.350. The average Bonchev–Trinajstić information content (AvgIpc) is 2.23. The van der Waals surface area contributed by atoms with Crippen LogP contribution in [0.2, 0.25) is 0 Å². The van der Waals surface area contributed by atoms with Gasteiger partial charge < -0.3 is 0 Å². The zero-order chi connectivity index (χ0) is 16.2. The molecule has 0 amide bonds. The fraction of sp³-hybridized carbons (Fsp3) is 0. The largest absolute Gasteiger partial charge is 0.166 e. The lowest BCUT2D eigenvalue weighted by Crippen LogP contribution is -1.15. The quantitative estimate of drug-likeness (QED) is 0.324. The maximum atomic E-state index is 4.26. The van der Waals surface area contributed by atoms with Crippen molar-refractivity contribution in [3.8, 4) is 0 Å². The molecule has 0 heterocycles. The van der Waals surface area contributed by atoms with Crippen molar-refractivity contribution < 1.29 is 23.1 Å². The predicted octanol–water partition coefficient (Wildman–Crippen LogP) is 7.86. The first-order chi connectivity index (χ1) is 8.49. The Morgan fingerprint density at radius 2 is 0.222 bits per heavy atom. The Labute approximate surface area is 164 Å². The minimum absolute atomic E-state index is 3.19. The normalized spacial score (nSPS) is 6.00. The first-order valence-corrected chi connectivity index (χ1v) is 5.55. The van der Waals surface area contributed by atoms with Gasteiger partial charge in [0.1, 0.15) is 0 Å². The first-order valence-electron chi connectivity index (χ1n) is 1.85. The van der Waals surface area contributed by atoms with E-state index in [-0.39, 0.29) is 0 Å². The van der Waals surface area contributed by atoms with Crippen LogP contribution in [0, 0.1) is 0 Å². The number of halogens is 12. The van der Waals surface area contributed by atoms with Crippen molar-refractivity contribution >= 4 is 142 Å². The van der Waals surface area contributed by atoms with Crippen LogP contribution in [0.1, 0.15) is 0 Å². The molecule has 0 rings (SSSR count). The fourth-order valence-corrected chi connectivity index (χ4v) is 0. The van der Waals surface area contributed by atoms with Gasteiger partial charge in [-0.05, 0) is 0 Å². The maximum Gasteiger partial charge on any atom is 0.0832 e. The van der Waals surface area contributed by atoms with Crippen LogP contribution in [0.3, 0.4) is 0 Å². The maximum absolute atomic E-state index is 4.26. The molecule has 0 aromatic carbocycles. The molecule has 0 aliphatic rings. The molecule has 6 nitrogen and oxygen atoms in total. The summed E-state index contributed by atoms with van der Waals surface area (Å²) >= 11 is 51.2. The molecule has 0 fully saturated rings. The summed E-state index contributed by atoms with van der Waals surface area (Å²) in [5.41, 5.74) is 0. The van der Waals surface area contributed by atoms with Crippen LogP contribution in [0.4, 0.5) is 0 Å². The summed E-state index contributed by atoms with van der Waals surface area (Å²) < 4.78 is 19.2. The van der Waals surface area contributed by atoms with Gasteiger partial charge in [0.2, 0.25) is 0 Å². The van der Waals surface area contributed by atoms with E-state index in [2.05, 4.69) is 165 Å². The van der Waals surface area contributed by atoms with Crippen LogP contribution < -0.4 is 0 Å². The van der Waals surface area contributed by atoms with Gasteiger partial charge in [-0.1, -0.05) is 0 Å². The van der Waals surface area contributed by atoms with Crippen LogP contribution >= 0.6 is 142 Å². The molecule has 0 unspecified atom stereocenters. The lowest BCUT2D eigenvalue weighted by Gasteiger charge is -1.46. The van der Waals surface area contributed by atoms with Crippen molar-refractivity contribution in [2.24, 2.45) is 0 Å². The summed E-state index contributed by atoms with van der Waals surface area (Å²) in [4.78, 5) is 0. The van der Waals surface area contributed by atoms with Crippen LogP contribution in [0.15, 0.2) is 0 Å². The van der Waals surface area contributed by atoms with E-state index in [0.717, 1.165) is 0 Å². The van der Waals surface area contributed by atoms with Crippen molar-refractivity contribution in [3.05, 3.63) is 0 Å². The molecule has 0 aromatic heterocycles. The second kappa shape index (κ2) is 87.8. The van der Waals surface area contributed by atoms with Gasteiger partial charge in [0.25, 0.3) is 0 Å². The molecule has 120 valence electrons.